The largest absolute Gasteiger partial charge is 0.384 e. The van der Waals surface area contributed by atoms with E-state index in [-0.39, 0.29) is 0 Å². The third-order valence-electron chi connectivity index (χ3n) is 2.24. The third-order valence-corrected chi connectivity index (χ3v) is 2.24. The molecule has 16 heavy (non-hydrogen) atoms. The van der Waals surface area contributed by atoms with E-state index in [1.54, 1.807) is 7.11 Å². The first kappa shape index (κ1) is 18.3. The maximum Gasteiger partial charge on any atom is 0.0528 e. The van der Waals surface area contributed by atoms with Gasteiger partial charge in [-0.2, -0.15) is 0 Å². The van der Waals surface area contributed by atoms with Crippen molar-refractivity contribution in [3.8, 4) is 0 Å². The quantitative estimate of drug-likeness (QED) is 0.719. The molecule has 0 aromatic rings. The molecule has 0 saturated carbocycles. The van der Waals surface area contributed by atoms with E-state index in [4.69, 9.17) is 4.74 Å². The van der Waals surface area contributed by atoms with Gasteiger partial charge in [0.15, 0.2) is 0 Å². The minimum Gasteiger partial charge on any atom is -0.384 e. The van der Waals surface area contributed by atoms with Gasteiger partial charge in [0.1, 0.15) is 0 Å². The summed E-state index contributed by atoms with van der Waals surface area (Å²) in [7, 11) is 3.95. The van der Waals surface area contributed by atoms with Gasteiger partial charge in [-0.05, 0) is 25.9 Å². The Bertz CT molecular complexity index is 141. The number of hydrogen-bond donors (Lipinski definition) is 0. The van der Waals surface area contributed by atoms with E-state index < -0.39 is 0 Å². The van der Waals surface area contributed by atoms with Crippen molar-refractivity contribution < 1.29 is 4.74 Å². The summed E-state index contributed by atoms with van der Waals surface area (Å²) in [4.78, 5) is 2.36. The maximum atomic E-state index is 5.15. The highest BCUT2D eigenvalue weighted by molar-refractivity contribution is 4.84. The van der Waals surface area contributed by atoms with E-state index in [2.05, 4.69) is 39.6 Å². The van der Waals surface area contributed by atoms with Crippen molar-refractivity contribution in [2.24, 2.45) is 11.3 Å². The van der Waals surface area contributed by atoms with Crippen molar-refractivity contribution in [2.45, 2.75) is 48.0 Å². The Kier molecular flexibility index (Phi) is 11.5. The Morgan fingerprint density at radius 2 is 1.69 bits per heavy atom. The van der Waals surface area contributed by atoms with Crippen molar-refractivity contribution in [1.29, 1.82) is 0 Å². The lowest BCUT2D eigenvalue weighted by atomic mass is 9.91. The van der Waals surface area contributed by atoms with Crippen LogP contribution in [-0.4, -0.2) is 38.8 Å². The van der Waals surface area contributed by atoms with Crippen molar-refractivity contribution in [1.82, 2.24) is 4.90 Å². The molecule has 1 unspecified atom stereocenters. The molecule has 0 aromatic heterocycles. The van der Waals surface area contributed by atoms with Crippen LogP contribution in [0.3, 0.4) is 0 Å². The molecule has 1 atom stereocenters. The van der Waals surface area contributed by atoms with E-state index in [0.29, 0.717) is 5.41 Å². The molecule has 1 fully saturated rings. The standard InChI is InChI=1S/C8H17NO.C4H10.C2H6/c1-8(7-10-3)4-5-9(2)6-8;1-4(2)3;1-2/h4-7H2,1-3H3;4H,1-3H3;1-2H3. The molecular weight excluding hydrogens is 198 g/mol. The van der Waals surface area contributed by atoms with E-state index in [9.17, 15) is 0 Å². The lowest BCUT2D eigenvalue weighted by molar-refractivity contribution is 0.0985. The zero-order valence-corrected chi connectivity index (χ0v) is 12.8. The summed E-state index contributed by atoms with van der Waals surface area (Å²) in [5.74, 6) is 0.833. The predicted octanol–water partition coefficient (Wildman–Crippen LogP) is 3.66. The molecule has 0 aromatic carbocycles. The van der Waals surface area contributed by atoms with Gasteiger partial charge < -0.3 is 9.64 Å². The van der Waals surface area contributed by atoms with Gasteiger partial charge in [0, 0.05) is 19.1 Å². The van der Waals surface area contributed by atoms with Crippen LogP contribution in [0.1, 0.15) is 48.0 Å². The zero-order valence-electron chi connectivity index (χ0n) is 12.8. The maximum absolute atomic E-state index is 5.15. The summed E-state index contributed by atoms with van der Waals surface area (Å²) in [6.45, 7) is 16.1. The van der Waals surface area contributed by atoms with Crippen LogP contribution in [0, 0.1) is 11.3 Å². The molecule has 1 saturated heterocycles. The van der Waals surface area contributed by atoms with Gasteiger partial charge in [-0.1, -0.05) is 41.5 Å². The summed E-state index contributed by atoms with van der Waals surface area (Å²) in [5.41, 5.74) is 0.420. The molecule has 1 rings (SSSR count). The van der Waals surface area contributed by atoms with Crippen LogP contribution in [0.5, 0.6) is 0 Å². The number of nitrogens with zero attached hydrogens (tertiary/aromatic N) is 1. The minimum absolute atomic E-state index is 0.420. The first-order valence-electron chi connectivity index (χ1n) is 6.57. The minimum atomic E-state index is 0.420. The fourth-order valence-electron chi connectivity index (χ4n) is 1.74. The fourth-order valence-corrected chi connectivity index (χ4v) is 1.74. The molecule has 1 aliphatic rings. The molecule has 0 N–H and O–H groups in total. The molecule has 0 amide bonds. The van der Waals surface area contributed by atoms with Gasteiger partial charge in [0.2, 0.25) is 0 Å². The van der Waals surface area contributed by atoms with Gasteiger partial charge in [-0.15, -0.1) is 0 Å². The molecule has 0 aliphatic carbocycles. The zero-order chi connectivity index (χ0) is 13.2. The fraction of sp³-hybridized carbons (Fsp3) is 1.00. The lowest BCUT2D eigenvalue weighted by Crippen LogP contribution is -2.26. The van der Waals surface area contributed by atoms with E-state index in [1.807, 2.05) is 13.8 Å². The molecule has 0 spiro atoms. The smallest absolute Gasteiger partial charge is 0.0528 e. The van der Waals surface area contributed by atoms with Gasteiger partial charge in [-0.3, -0.25) is 0 Å². The average Bonchev–Trinajstić information content (AvgIpc) is 2.49. The SMILES string of the molecule is CC.CC(C)C.COCC1(C)CCN(C)C1. The molecular formula is C14H33NO. The summed E-state index contributed by atoms with van der Waals surface area (Å²) in [6, 6.07) is 0. The summed E-state index contributed by atoms with van der Waals surface area (Å²) in [5, 5.41) is 0. The second-order valence-electron chi connectivity index (χ2n) is 5.46. The van der Waals surface area contributed by atoms with Crippen molar-refractivity contribution >= 4 is 0 Å². The van der Waals surface area contributed by atoms with Gasteiger partial charge in [0.25, 0.3) is 0 Å². The van der Waals surface area contributed by atoms with Gasteiger partial charge in [0.05, 0.1) is 6.61 Å². The molecule has 1 aliphatic heterocycles. The van der Waals surface area contributed by atoms with Crippen LogP contribution in [-0.2, 0) is 4.74 Å². The number of likely N-dealkylation sites (tertiary alicyclic amines) is 1. The van der Waals surface area contributed by atoms with E-state index >= 15 is 0 Å². The normalized spacial score (nSPS) is 24.6. The second kappa shape index (κ2) is 10.1. The summed E-state index contributed by atoms with van der Waals surface area (Å²) < 4.78 is 5.15. The van der Waals surface area contributed by atoms with Crippen molar-refractivity contribution in [3.63, 3.8) is 0 Å². The highest BCUT2D eigenvalue weighted by atomic mass is 16.5. The molecule has 0 bridgehead atoms. The lowest BCUT2D eigenvalue weighted by Gasteiger charge is -2.21. The average molecular weight is 231 g/mol. The van der Waals surface area contributed by atoms with E-state index in [0.717, 1.165) is 12.5 Å². The predicted molar refractivity (Wildman–Crippen MR) is 74.0 cm³/mol. The molecule has 2 heteroatoms. The van der Waals surface area contributed by atoms with Gasteiger partial charge >= 0.3 is 0 Å². The Morgan fingerprint density at radius 3 is 1.94 bits per heavy atom. The first-order valence-corrected chi connectivity index (χ1v) is 6.57. The molecule has 1 heterocycles. The highest BCUT2D eigenvalue weighted by Crippen LogP contribution is 2.28. The molecule has 2 nitrogen and oxygen atoms in total. The summed E-state index contributed by atoms with van der Waals surface area (Å²) >= 11 is 0. The van der Waals surface area contributed by atoms with Crippen LogP contribution in [0.15, 0.2) is 0 Å². The Labute approximate surface area is 103 Å². The topological polar surface area (TPSA) is 12.5 Å². The Morgan fingerprint density at radius 1 is 1.25 bits per heavy atom. The number of rotatable bonds is 2. The Hall–Kier alpha value is -0.0800. The van der Waals surface area contributed by atoms with E-state index in [1.165, 1.54) is 19.5 Å². The number of methoxy groups -OCH3 is 1. The van der Waals surface area contributed by atoms with Crippen LogP contribution in [0.4, 0.5) is 0 Å². The number of hydrogen-bond acceptors (Lipinski definition) is 2. The molecule has 0 radical (unpaired) electrons. The van der Waals surface area contributed by atoms with Crippen molar-refractivity contribution in [2.75, 3.05) is 33.9 Å². The summed E-state index contributed by atoms with van der Waals surface area (Å²) in [6.07, 6.45) is 1.28. The molecule has 100 valence electrons. The van der Waals surface area contributed by atoms with Crippen LogP contribution in [0.2, 0.25) is 0 Å². The van der Waals surface area contributed by atoms with Crippen LogP contribution in [0.25, 0.3) is 0 Å². The van der Waals surface area contributed by atoms with Crippen LogP contribution < -0.4 is 0 Å². The third kappa shape index (κ3) is 10.4. The number of ether oxygens (including phenoxy) is 1. The monoisotopic (exact) mass is 231 g/mol. The first-order chi connectivity index (χ1) is 7.39. The van der Waals surface area contributed by atoms with Gasteiger partial charge in [-0.25, -0.2) is 0 Å². The highest BCUT2D eigenvalue weighted by Gasteiger charge is 2.31. The second-order valence-corrected chi connectivity index (χ2v) is 5.46. The van der Waals surface area contributed by atoms with Crippen molar-refractivity contribution in [3.05, 3.63) is 0 Å². The van der Waals surface area contributed by atoms with Crippen LogP contribution >= 0.6 is 0 Å². The Balaban J connectivity index is 0.